The Morgan fingerprint density at radius 1 is 0.921 bits per heavy atom. The van der Waals surface area contributed by atoms with Gasteiger partial charge in [-0.05, 0) is 101 Å². The van der Waals surface area contributed by atoms with Crippen molar-refractivity contribution in [1.82, 2.24) is 51.0 Å². The SMILES string of the molecule is Cc1cc(C[C@@H](NC(=O)N2CCC(N3Cc4cccc(F)c4NC3=O)CC2)C(=O)N[C@@H](CCCCNC(=O)OC(C)(C)C)C(=O)N2CCN(c3ccncc3)CC2)cc2n[nH]nc12. The van der Waals surface area contributed by atoms with Crippen LogP contribution in [0, 0.1) is 12.7 Å². The maximum atomic E-state index is 14.5. The normalized spacial score (nSPS) is 16.8. The maximum Gasteiger partial charge on any atom is 0.407 e. The van der Waals surface area contributed by atoms with Crippen LogP contribution in [-0.4, -0.2) is 135 Å². The summed E-state index contributed by atoms with van der Waals surface area (Å²) in [5.41, 5.74) is 4.14. The molecule has 2 atom stereocenters. The third-order valence-electron chi connectivity index (χ3n) is 11.7. The molecule has 336 valence electrons. The van der Waals surface area contributed by atoms with E-state index in [2.05, 4.69) is 46.6 Å². The maximum absolute atomic E-state index is 14.5. The smallest absolute Gasteiger partial charge is 0.407 e. The summed E-state index contributed by atoms with van der Waals surface area (Å²) in [6, 6.07) is 9.29. The third-order valence-corrected chi connectivity index (χ3v) is 11.7. The number of urea groups is 2. The number of benzene rings is 2. The van der Waals surface area contributed by atoms with Crippen LogP contribution in [0.25, 0.3) is 11.0 Å². The molecule has 0 spiro atoms. The van der Waals surface area contributed by atoms with Crippen molar-refractivity contribution in [2.24, 2.45) is 0 Å². The molecule has 5 heterocycles. The number of unbranched alkanes of at least 4 members (excludes halogenated alkanes) is 1. The van der Waals surface area contributed by atoms with E-state index in [4.69, 9.17) is 4.74 Å². The molecule has 0 unspecified atom stereocenters. The Morgan fingerprint density at radius 2 is 1.67 bits per heavy atom. The van der Waals surface area contributed by atoms with Gasteiger partial charge < -0.3 is 45.6 Å². The first-order valence-electron chi connectivity index (χ1n) is 21.6. The van der Waals surface area contributed by atoms with E-state index >= 15 is 0 Å². The molecule has 5 N–H and O–H groups in total. The molecule has 3 aliphatic heterocycles. The number of piperidine rings is 1. The van der Waals surface area contributed by atoms with Crippen molar-refractivity contribution in [2.75, 3.05) is 56.0 Å². The van der Waals surface area contributed by atoms with Crippen LogP contribution in [0.5, 0.6) is 0 Å². The number of aromatic amines is 1. The van der Waals surface area contributed by atoms with Crippen LogP contribution >= 0.6 is 0 Å². The molecule has 7 rings (SSSR count). The minimum absolute atomic E-state index is 0.104. The summed E-state index contributed by atoms with van der Waals surface area (Å²) < 4.78 is 19.7. The first-order chi connectivity index (χ1) is 30.2. The highest BCUT2D eigenvalue weighted by Crippen LogP contribution is 2.30. The Bertz CT molecular complexity index is 2270. The third kappa shape index (κ3) is 11.3. The number of anilines is 2. The zero-order chi connectivity index (χ0) is 44.7. The van der Waals surface area contributed by atoms with Crippen molar-refractivity contribution in [3.63, 3.8) is 0 Å². The summed E-state index contributed by atoms with van der Waals surface area (Å²) in [5.74, 6) is -1.23. The lowest BCUT2D eigenvalue weighted by Gasteiger charge is -2.40. The quantitative estimate of drug-likeness (QED) is 0.119. The molecule has 4 aromatic rings. The number of pyridine rings is 1. The number of rotatable bonds is 13. The van der Waals surface area contributed by atoms with Crippen molar-refractivity contribution in [1.29, 1.82) is 0 Å². The first-order valence-corrected chi connectivity index (χ1v) is 21.6. The topological polar surface area (TPSA) is 210 Å². The minimum Gasteiger partial charge on any atom is -0.444 e. The van der Waals surface area contributed by atoms with E-state index in [0.717, 1.165) is 16.8 Å². The summed E-state index contributed by atoms with van der Waals surface area (Å²) in [6.07, 6.45) is 5.34. The molecule has 19 heteroatoms. The van der Waals surface area contributed by atoms with Crippen molar-refractivity contribution in [3.05, 3.63) is 77.4 Å². The van der Waals surface area contributed by atoms with E-state index in [1.807, 2.05) is 31.2 Å². The number of carbonyl (C=O) groups is 5. The molecule has 0 radical (unpaired) electrons. The van der Waals surface area contributed by atoms with Crippen LogP contribution in [-0.2, 0) is 27.3 Å². The van der Waals surface area contributed by atoms with Crippen LogP contribution in [0.4, 0.5) is 30.1 Å². The molecule has 18 nitrogen and oxygen atoms in total. The van der Waals surface area contributed by atoms with Gasteiger partial charge in [-0.3, -0.25) is 14.6 Å². The summed E-state index contributed by atoms with van der Waals surface area (Å²) in [6.45, 7) is 10.6. The van der Waals surface area contributed by atoms with Crippen molar-refractivity contribution in [3.8, 4) is 0 Å². The molecule has 3 aliphatic rings. The molecule has 0 aliphatic carbocycles. The van der Waals surface area contributed by atoms with Crippen molar-refractivity contribution >= 4 is 52.4 Å². The second-order valence-corrected chi connectivity index (χ2v) is 17.4. The van der Waals surface area contributed by atoms with E-state index in [1.165, 1.54) is 6.07 Å². The van der Waals surface area contributed by atoms with Gasteiger partial charge in [0, 0.05) is 82.9 Å². The number of fused-ring (bicyclic) bond motifs is 2. The minimum atomic E-state index is -1.08. The first kappa shape index (κ1) is 44.5. The number of alkyl carbamates (subject to hydrolysis) is 1. The molecule has 7 amide bonds. The van der Waals surface area contributed by atoms with E-state index < -0.39 is 41.5 Å². The number of hydrogen-bond donors (Lipinski definition) is 5. The Labute approximate surface area is 365 Å². The summed E-state index contributed by atoms with van der Waals surface area (Å²) >= 11 is 0. The van der Waals surface area contributed by atoms with Crippen LogP contribution in [0.2, 0.25) is 0 Å². The summed E-state index contributed by atoms with van der Waals surface area (Å²) in [5, 5.41) is 22.5. The van der Waals surface area contributed by atoms with Crippen LogP contribution in [0.1, 0.15) is 69.6 Å². The van der Waals surface area contributed by atoms with Gasteiger partial charge in [0.2, 0.25) is 11.8 Å². The Kier molecular flexibility index (Phi) is 13.9. The number of amides is 7. The number of carbonyl (C=O) groups excluding carboxylic acids is 5. The average Bonchev–Trinajstić information content (AvgIpc) is 3.75. The van der Waals surface area contributed by atoms with Gasteiger partial charge in [0.25, 0.3) is 0 Å². The van der Waals surface area contributed by atoms with Crippen molar-refractivity contribution < 1.29 is 33.1 Å². The largest absolute Gasteiger partial charge is 0.444 e. The standard InChI is InChI=1S/C44H57FN12O6/c1-28-24-29(25-35-37(28)52-53-51-35)26-36(49-41(60)56-18-13-32(14-19-56)57-27-30-8-7-9-33(45)38(30)50-42(57)61)39(58)48-34(10-5-6-15-47-43(62)63-44(2,3)4)40(59)55-22-20-54(21-23-55)31-11-16-46-17-12-31/h7-9,11-12,16-17,24-25,32,34,36H,5-6,10,13-15,18-23,26-27H2,1-4H3,(H,47,62)(H,48,58)(H,49,60)(H,50,61)(H,51,52,53)/t34-,36+/m0/s1. The lowest BCUT2D eigenvalue weighted by molar-refractivity contribution is -0.137. The fraction of sp³-hybridized carbons (Fsp3) is 0.500. The molecule has 2 aromatic carbocycles. The molecule has 2 fully saturated rings. The molecule has 2 saturated heterocycles. The second kappa shape index (κ2) is 19.7. The molecule has 63 heavy (non-hydrogen) atoms. The van der Waals surface area contributed by atoms with Gasteiger partial charge in [0.1, 0.15) is 34.5 Å². The highest BCUT2D eigenvalue weighted by Gasteiger charge is 2.36. The van der Waals surface area contributed by atoms with E-state index in [9.17, 15) is 28.4 Å². The van der Waals surface area contributed by atoms with E-state index in [1.54, 1.807) is 60.0 Å². The Balaban J connectivity index is 1.04. The Hall–Kier alpha value is -6.53. The van der Waals surface area contributed by atoms with Crippen LogP contribution in [0.3, 0.4) is 0 Å². The van der Waals surface area contributed by atoms with Gasteiger partial charge in [-0.15, -0.1) is 0 Å². The fourth-order valence-electron chi connectivity index (χ4n) is 8.42. The molecule has 0 bridgehead atoms. The molecular weight excluding hydrogens is 812 g/mol. The summed E-state index contributed by atoms with van der Waals surface area (Å²) in [4.78, 5) is 79.5. The number of H-pyrrole nitrogens is 1. The molecule has 2 aromatic heterocycles. The van der Waals surface area contributed by atoms with Gasteiger partial charge in [-0.1, -0.05) is 18.2 Å². The number of likely N-dealkylation sites (tertiary alicyclic amines) is 1. The predicted octanol–water partition coefficient (Wildman–Crippen LogP) is 4.46. The average molecular weight is 869 g/mol. The van der Waals surface area contributed by atoms with E-state index in [-0.39, 0.29) is 36.6 Å². The number of halogens is 1. The fourth-order valence-corrected chi connectivity index (χ4v) is 8.42. The monoisotopic (exact) mass is 868 g/mol. The van der Waals surface area contributed by atoms with Crippen molar-refractivity contribution in [2.45, 2.75) is 96.5 Å². The number of hydrogen-bond acceptors (Lipinski definition) is 10. The number of piperazine rings is 1. The number of nitrogens with one attached hydrogen (secondary N) is 5. The number of aryl methyl sites for hydroxylation is 1. The van der Waals surface area contributed by atoms with Gasteiger partial charge >= 0.3 is 18.2 Å². The van der Waals surface area contributed by atoms with Gasteiger partial charge in [0.15, 0.2) is 0 Å². The van der Waals surface area contributed by atoms with Gasteiger partial charge in [-0.25, -0.2) is 18.8 Å². The van der Waals surface area contributed by atoms with Gasteiger partial charge in [-0.2, -0.15) is 15.4 Å². The Morgan fingerprint density at radius 3 is 2.40 bits per heavy atom. The predicted molar refractivity (Wildman–Crippen MR) is 233 cm³/mol. The second-order valence-electron chi connectivity index (χ2n) is 17.4. The number of ether oxygens (including phenoxy) is 1. The van der Waals surface area contributed by atoms with E-state index in [0.29, 0.717) is 94.5 Å². The highest BCUT2D eigenvalue weighted by molar-refractivity contribution is 5.93. The molecule has 0 saturated carbocycles. The van der Waals surface area contributed by atoms with Gasteiger partial charge in [0.05, 0.1) is 5.69 Å². The number of aromatic nitrogens is 4. The molecular formula is C44H57FN12O6. The lowest BCUT2D eigenvalue weighted by atomic mass is 10.00. The van der Waals surface area contributed by atoms with Crippen LogP contribution in [0.15, 0.2) is 54.9 Å². The zero-order valence-electron chi connectivity index (χ0n) is 36.3. The zero-order valence-corrected chi connectivity index (χ0v) is 36.3. The number of para-hydroxylation sites is 1. The van der Waals surface area contributed by atoms with Crippen LogP contribution < -0.4 is 26.2 Å². The highest BCUT2D eigenvalue weighted by atomic mass is 19.1. The number of nitrogens with zero attached hydrogens (tertiary/aromatic N) is 7. The summed E-state index contributed by atoms with van der Waals surface area (Å²) in [7, 11) is 0. The lowest BCUT2D eigenvalue weighted by Crippen LogP contribution is -2.59.